The fourth-order valence-corrected chi connectivity index (χ4v) is 4.88. The molecule has 2 atom stereocenters. The number of nitrogen functional groups attached to an aromatic ring is 1. The fraction of sp³-hybridized carbons (Fsp3) is 0.261. The van der Waals surface area contributed by atoms with E-state index in [2.05, 4.69) is 44.5 Å². The van der Waals surface area contributed by atoms with Crippen molar-refractivity contribution in [2.45, 2.75) is 26.1 Å². The van der Waals surface area contributed by atoms with Gasteiger partial charge in [-0.1, -0.05) is 29.8 Å². The lowest BCUT2D eigenvalue weighted by Gasteiger charge is -2.45. The molecule has 0 saturated carbocycles. The number of carbonyl (C=O) groups excluding carboxylic acids is 1. The summed E-state index contributed by atoms with van der Waals surface area (Å²) in [5.74, 6) is 0.562. The summed E-state index contributed by atoms with van der Waals surface area (Å²) in [6.07, 6.45) is 3.29. The standard InChI is InChI=1S/C23H23ClN6O/c1-14-23(31)26-6-7-30(14,11-15-2-4-17-19(24)10-27-20(17)8-15)12-16-3-5-18-21(9-16)28-13-29-22(18)25/h2-5,8-10,13-14,27H,6-7,11-12H2,1H3,(H2-,25,26,28,29,31)/p+1/t14-,30?/m0/s1. The summed E-state index contributed by atoms with van der Waals surface area (Å²) in [6.45, 7) is 4.98. The largest absolute Gasteiger partial charge is 0.383 e. The summed E-state index contributed by atoms with van der Waals surface area (Å²) in [6, 6.07) is 12.2. The van der Waals surface area contributed by atoms with Crippen LogP contribution in [0.3, 0.4) is 0 Å². The van der Waals surface area contributed by atoms with Crippen LogP contribution >= 0.6 is 11.6 Å². The van der Waals surface area contributed by atoms with Crippen molar-refractivity contribution in [2.75, 3.05) is 18.8 Å². The molecule has 3 heterocycles. The number of quaternary nitrogens is 1. The predicted octanol–water partition coefficient (Wildman–Crippen LogP) is 3.38. The zero-order valence-corrected chi connectivity index (χ0v) is 18.0. The van der Waals surface area contributed by atoms with E-state index in [9.17, 15) is 4.79 Å². The maximum absolute atomic E-state index is 12.7. The number of fused-ring (bicyclic) bond motifs is 2. The Balaban J connectivity index is 1.53. The maximum Gasteiger partial charge on any atom is 0.278 e. The van der Waals surface area contributed by atoms with Crippen molar-refractivity contribution in [3.8, 4) is 0 Å². The molecule has 0 bridgehead atoms. The van der Waals surface area contributed by atoms with Gasteiger partial charge in [-0.3, -0.25) is 4.79 Å². The summed E-state index contributed by atoms with van der Waals surface area (Å²) in [4.78, 5) is 24.4. The molecule has 7 nitrogen and oxygen atoms in total. The van der Waals surface area contributed by atoms with Gasteiger partial charge in [0.1, 0.15) is 25.2 Å². The lowest BCUT2D eigenvalue weighted by Crippen LogP contribution is -2.65. The molecule has 0 aliphatic carbocycles. The molecule has 1 fully saturated rings. The topological polar surface area (TPSA) is 96.7 Å². The number of halogens is 1. The maximum atomic E-state index is 12.7. The van der Waals surface area contributed by atoms with Gasteiger partial charge in [-0.05, 0) is 25.1 Å². The third kappa shape index (κ3) is 3.49. The second kappa shape index (κ2) is 7.51. The molecular formula is C23H24ClN6O+. The molecule has 158 valence electrons. The minimum absolute atomic E-state index is 0.0857. The van der Waals surface area contributed by atoms with Crippen molar-refractivity contribution in [3.63, 3.8) is 0 Å². The van der Waals surface area contributed by atoms with Crippen LogP contribution in [0.5, 0.6) is 0 Å². The minimum atomic E-state index is -0.178. The Kier molecular flexibility index (Phi) is 4.79. The first-order valence-corrected chi connectivity index (χ1v) is 10.7. The second-order valence-electron chi connectivity index (χ2n) is 8.35. The van der Waals surface area contributed by atoms with Crippen LogP contribution in [0.2, 0.25) is 5.02 Å². The highest BCUT2D eigenvalue weighted by Crippen LogP contribution is 2.30. The first kappa shape index (κ1) is 19.8. The molecule has 4 aromatic rings. The summed E-state index contributed by atoms with van der Waals surface area (Å²) >= 11 is 6.25. The summed E-state index contributed by atoms with van der Waals surface area (Å²) in [5.41, 5.74) is 10.1. The Bertz CT molecular complexity index is 1300. The zero-order valence-electron chi connectivity index (χ0n) is 17.2. The number of aromatic amines is 1. The molecule has 4 N–H and O–H groups in total. The van der Waals surface area contributed by atoms with Crippen molar-refractivity contribution >= 4 is 45.1 Å². The van der Waals surface area contributed by atoms with E-state index < -0.39 is 0 Å². The van der Waals surface area contributed by atoms with Crippen LogP contribution in [-0.2, 0) is 17.9 Å². The van der Waals surface area contributed by atoms with Gasteiger partial charge in [0.25, 0.3) is 5.91 Å². The molecule has 1 amide bonds. The van der Waals surface area contributed by atoms with Gasteiger partial charge in [0.05, 0.1) is 23.6 Å². The number of nitrogens with one attached hydrogen (secondary N) is 2. The highest BCUT2D eigenvalue weighted by atomic mass is 35.5. The van der Waals surface area contributed by atoms with Crippen molar-refractivity contribution in [3.05, 3.63) is 65.1 Å². The molecule has 0 radical (unpaired) electrons. The summed E-state index contributed by atoms with van der Waals surface area (Å²) in [5, 5.41) is 5.58. The molecule has 0 spiro atoms. The van der Waals surface area contributed by atoms with Crippen LogP contribution in [0.4, 0.5) is 5.82 Å². The number of nitrogens with two attached hydrogens (primary N) is 1. The van der Waals surface area contributed by atoms with E-state index in [0.29, 0.717) is 21.9 Å². The van der Waals surface area contributed by atoms with Gasteiger partial charge in [0, 0.05) is 33.6 Å². The monoisotopic (exact) mass is 435 g/mol. The van der Waals surface area contributed by atoms with Crippen LogP contribution in [0.25, 0.3) is 21.8 Å². The van der Waals surface area contributed by atoms with E-state index in [1.807, 2.05) is 19.1 Å². The van der Waals surface area contributed by atoms with E-state index in [0.717, 1.165) is 47.0 Å². The van der Waals surface area contributed by atoms with E-state index in [4.69, 9.17) is 17.3 Å². The number of nitrogens with zero attached hydrogens (tertiary/aromatic N) is 3. The molecule has 1 unspecified atom stereocenters. The van der Waals surface area contributed by atoms with Gasteiger partial charge >= 0.3 is 0 Å². The normalized spacial score (nSPS) is 21.5. The van der Waals surface area contributed by atoms with Crippen molar-refractivity contribution < 1.29 is 9.28 Å². The Hall–Kier alpha value is -3.16. The molecule has 8 heteroatoms. The fourth-order valence-electron chi connectivity index (χ4n) is 4.67. The van der Waals surface area contributed by atoms with Crippen LogP contribution in [-0.4, -0.2) is 44.5 Å². The smallest absolute Gasteiger partial charge is 0.278 e. The number of amides is 1. The Morgan fingerprint density at radius 2 is 1.87 bits per heavy atom. The van der Waals surface area contributed by atoms with Crippen molar-refractivity contribution in [1.82, 2.24) is 20.3 Å². The minimum Gasteiger partial charge on any atom is -0.383 e. The summed E-state index contributed by atoms with van der Waals surface area (Å²) < 4.78 is 0.637. The van der Waals surface area contributed by atoms with Crippen LogP contribution in [0.15, 0.2) is 48.9 Å². The molecule has 5 rings (SSSR count). The first-order chi connectivity index (χ1) is 14.9. The number of piperazine rings is 1. The number of hydrogen-bond donors (Lipinski definition) is 3. The van der Waals surface area contributed by atoms with Gasteiger partial charge < -0.3 is 20.5 Å². The Morgan fingerprint density at radius 1 is 1.13 bits per heavy atom. The number of benzene rings is 2. The van der Waals surface area contributed by atoms with Gasteiger partial charge in [-0.15, -0.1) is 0 Å². The number of H-pyrrole nitrogens is 1. The van der Waals surface area contributed by atoms with Gasteiger partial charge in [0.15, 0.2) is 6.04 Å². The van der Waals surface area contributed by atoms with E-state index in [1.165, 1.54) is 11.9 Å². The molecule has 2 aromatic heterocycles. The lowest BCUT2D eigenvalue weighted by atomic mass is 10.0. The molecule has 31 heavy (non-hydrogen) atoms. The number of carbonyl (C=O) groups is 1. The molecular weight excluding hydrogens is 412 g/mol. The molecule has 1 saturated heterocycles. The van der Waals surface area contributed by atoms with E-state index in [1.54, 1.807) is 6.20 Å². The van der Waals surface area contributed by atoms with E-state index >= 15 is 0 Å². The third-order valence-corrected chi connectivity index (χ3v) is 6.79. The van der Waals surface area contributed by atoms with Crippen molar-refractivity contribution in [2.24, 2.45) is 0 Å². The number of anilines is 1. The second-order valence-corrected chi connectivity index (χ2v) is 8.76. The van der Waals surface area contributed by atoms with Gasteiger partial charge in [0.2, 0.25) is 0 Å². The number of hydrogen-bond acceptors (Lipinski definition) is 4. The third-order valence-electron chi connectivity index (χ3n) is 6.48. The Labute approximate surface area is 184 Å². The molecule has 1 aliphatic rings. The lowest BCUT2D eigenvalue weighted by molar-refractivity contribution is -0.967. The SMILES string of the molecule is C[C@H]1C(=O)NCC[N+]1(Cc1ccc2c(N)ncnc2c1)Cc1ccc2c(Cl)c[nH]c2c1. The summed E-state index contributed by atoms with van der Waals surface area (Å²) in [7, 11) is 0. The van der Waals surface area contributed by atoms with Gasteiger partial charge in [-0.25, -0.2) is 9.97 Å². The van der Waals surface area contributed by atoms with Crippen LogP contribution in [0.1, 0.15) is 18.1 Å². The zero-order chi connectivity index (χ0) is 21.6. The van der Waals surface area contributed by atoms with E-state index in [-0.39, 0.29) is 11.9 Å². The van der Waals surface area contributed by atoms with Crippen LogP contribution in [0, 0.1) is 0 Å². The number of aromatic nitrogens is 3. The number of rotatable bonds is 4. The quantitative estimate of drug-likeness (QED) is 0.428. The highest BCUT2D eigenvalue weighted by Gasteiger charge is 2.42. The van der Waals surface area contributed by atoms with Gasteiger partial charge in [-0.2, -0.15) is 0 Å². The first-order valence-electron chi connectivity index (χ1n) is 10.3. The Morgan fingerprint density at radius 3 is 2.68 bits per heavy atom. The predicted molar refractivity (Wildman–Crippen MR) is 122 cm³/mol. The average molecular weight is 436 g/mol. The average Bonchev–Trinajstić information content (AvgIpc) is 3.12. The van der Waals surface area contributed by atoms with Crippen LogP contribution < -0.4 is 11.1 Å². The van der Waals surface area contributed by atoms with Crippen molar-refractivity contribution in [1.29, 1.82) is 0 Å². The highest BCUT2D eigenvalue weighted by molar-refractivity contribution is 6.35. The molecule has 2 aromatic carbocycles. The molecule has 1 aliphatic heterocycles.